The van der Waals surface area contributed by atoms with Gasteiger partial charge >= 0.3 is 5.69 Å². The molecule has 0 aliphatic heterocycles. The van der Waals surface area contributed by atoms with Crippen molar-refractivity contribution < 1.29 is 9.53 Å². The zero-order valence-corrected chi connectivity index (χ0v) is 9.42. The molecule has 0 spiro atoms. The van der Waals surface area contributed by atoms with Gasteiger partial charge in [0.2, 0.25) is 5.91 Å². The molecule has 1 amide bonds. The van der Waals surface area contributed by atoms with E-state index in [0.29, 0.717) is 24.6 Å². The Balaban J connectivity index is 1.89. The highest BCUT2D eigenvalue weighted by Crippen LogP contribution is 2.01. The van der Waals surface area contributed by atoms with E-state index >= 15 is 0 Å². The van der Waals surface area contributed by atoms with Gasteiger partial charge in [-0.3, -0.25) is 4.79 Å². The van der Waals surface area contributed by atoms with Gasteiger partial charge in [0.1, 0.15) is 12.4 Å². The Hall–Kier alpha value is -2.42. The van der Waals surface area contributed by atoms with Crippen molar-refractivity contribution in [1.29, 1.82) is 0 Å². The average Bonchev–Trinajstić information content (AvgIpc) is 2.70. The minimum Gasteiger partial charge on any atom is -0.370 e. The molecule has 0 saturated carbocycles. The predicted octanol–water partition coefficient (Wildman–Crippen LogP) is -1.67. The van der Waals surface area contributed by atoms with Crippen molar-refractivity contribution in [3.63, 3.8) is 0 Å². The number of nitrogens with two attached hydrogens (primary N) is 1. The van der Waals surface area contributed by atoms with E-state index in [2.05, 4.69) is 20.6 Å². The van der Waals surface area contributed by atoms with Gasteiger partial charge in [0.05, 0.1) is 6.61 Å². The van der Waals surface area contributed by atoms with Crippen LogP contribution in [0.15, 0.2) is 16.9 Å². The van der Waals surface area contributed by atoms with Crippen molar-refractivity contribution in [3.8, 4) is 0 Å². The van der Waals surface area contributed by atoms with Gasteiger partial charge in [-0.2, -0.15) is 9.61 Å². The van der Waals surface area contributed by atoms with Crippen molar-refractivity contribution in [3.05, 3.63) is 22.6 Å². The number of hydrogen-bond acceptors (Lipinski definition) is 6. The summed E-state index contributed by atoms with van der Waals surface area (Å²) in [7, 11) is 0. The number of H-pyrrole nitrogens is 1. The highest BCUT2D eigenvalue weighted by atomic mass is 16.5. The fourth-order valence-corrected chi connectivity index (χ4v) is 1.32. The quantitative estimate of drug-likeness (QED) is 0.527. The van der Waals surface area contributed by atoms with E-state index in [1.807, 2.05) is 0 Å². The van der Waals surface area contributed by atoms with Crippen LogP contribution in [-0.2, 0) is 9.53 Å². The topological polar surface area (TPSA) is 127 Å². The Morgan fingerprint density at radius 1 is 1.56 bits per heavy atom. The minimum absolute atomic E-state index is 0.116. The number of amides is 1. The monoisotopic (exact) mass is 252 g/mol. The Morgan fingerprint density at radius 3 is 3.17 bits per heavy atom. The average molecular weight is 252 g/mol. The zero-order chi connectivity index (χ0) is 13.0. The molecular formula is C9H12N6O3. The summed E-state index contributed by atoms with van der Waals surface area (Å²) in [6.45, 7) is 0.636. The fraction of sp³-hybridized carbons (Fsp3) is 0.333. The lowest BCUT2D eigenvalue weighted by molar-refractivity contribution is -0.122. The van der Waals surface area contributed by atoms with Gasteiger partial charge in [-0.05, 0) is 12.1 Å². The van der Waals surface area contributed by atoms with Crippen LogP contribution in [0.2, 0.25) is 0 Å². The molecule has 2 heterocycles. The molecule has 0 radical (unpaired) electrons. The summed E-state index contributed by atoms with van der Waals surface area (Å²) in [5.41, 5.74) is 4.94. The van der Waals surface area contributed by atoms with E-state index < -0.39 is 11.6 Å². The van der Waals surface area contributed by atoms with Crippen LogP contribution in [0.4, 0.5) is 5.82 Å². The minimum atomic E-state index is -0.514. The summed E-state index contributed by atoms with van der Waals surface area (Å²) in [6, 6.07) is 3.33. The molecule has 0 unspecified atom stereocenters. The first kappa shape index (κ1) is 12.0. The molecule has 0 saturated heterocycles. The summed E-state index contributed by atoms with van der Waals surface area (Å²) < 4.78 is 6.11. The first-order valence-corrected chi connectivity index (χ1v) is 5.21. The van der Waals surface area contributed by atoms with Crippen LogP contribution in [0.5, 0.6) is 0 Å². The summed E-state index contributed by atoms with van der Waals surface area (Å²) >= 11 is 0. The number of carbonyl (C=O) groups is 1. The van der Waals surface area contributed by atoms with Crippen LogP contribution >= 0.6 is 0 Å². The van der Waals surface area contributed by atoms with Crippen molar-refractivity contribution in [2.24, 2.45) is 5.73 Å². The molecule has 96 valence electrons. The number of nitrogens with one attached hydrogen (secondary N) is 2. The molecular weight excluding hydrogens is 240 g/mol. The standard InChI is InChI=1S/C9H12N6O3/c10-6(16)5-18-4-3-11-7-1-2-8-12-13-9(17)15(8)14-7/h1-2H,3-5H2,(H2,10,16)(H,11,14)(H,13,17). The van der Waals surface area contributed by atoms with Crippen molar-refractivity contribution in [2.75, 3.05) is 25.1 Å². The molecule has 0 aliphatic carbocycles. The van der Waals surface area contributed by atoms with Gasteiger partial charge in [0, 0.05) is 6.54 Å². The van der Waals surface area contributed by atoms with Crippen LogP contribution < -0.4 is 16.7 Å². The van der Waals surface area contributed by atoms with Crippen LogP contribution in [0.3, 0.4) is 0 Å². The Morgan fingerprint density at radius 2 is 2.39 bits per heavy atom. The molecule has 0 atom stereocenters. The van der Waals surface area contributed by atoms with E-state index in [1.54, 1.807) is 12.1 Å². The Kier molecular flexibility index (Phi) is 3.53. The number of aromatic amines is 1. The lowest BCUT2D eigenvalue weighted by Gasteiger charge is -2.05. The smallest absolute Gasteiger partial charge is 0.364 e. The lowest BCUT2D eigenvalue weighted by atomic mass is 10.5. The largest absolute Gasteiger partial charge is 0.370 e. The summed E-state index contributed by atoms with van der Waals surface area (Å²) in [4.78, 5) is 21.7. The molecule has 9 nitrogen and oxygen atoms in total. The molecule has 0 aliphatic rings. The second-order valence-corrected chi connectivity index (χ2v) is 3.46. The van der Waals surface area contributed by atoms with Gasteiger partial charge in [0.25, 0.3) is 0 Å². The first-order valence-electron chi connectivity index (χ1n) is 5.21. The SMILES string of the molecule is NC(=O)COCCNc1ccc2n[nH]c(=O)n2n1. The second kappa shape index (κ2) is 5.27. The molecule has 0 fully saturated rings. The van der Waals surface area contributed by atoms with Crippen LogP contribution in [0, 0.1) is 0 Å². The fourth-order valence-electron chi connectivity index (χ4n) is 1.32. The second-order valence-electron chi connectivity index (χ2n) is 3.46. The van der Waals surface area contributed by atoms with E-state index in [0.717, 1.165) is 4.52 Å². The first-order chi connectivity index (χ1) is 8.66. The van der Waals surface area contributed by atoms with Crippen LogP contribution in [0.25, 0.3) is 5.65 Å². The number of primary amides is 1. The summed E-state index contributed by atoms with van der Waals surface area (Å²) in [5, 5.41) is 13.0. The maximum Gasteiger partial charge on any atom is 0.364 e. The van der Waals surface area contributed by atoms with E-state index in [4.69, 9.17) is 10.5 Å². The van der Waals surface area contributed by atoms with Gasteiger partial charge in [-0.1, -0.05) is 0 Å². The van der Waals surface area contributed by atoms with Crippen molar-refractivity contribution in [2.45, 2.75) is 0 Å². The lowest BCUT2D eigenvalue weighted by Crippen LogP contribution is -2.21. The molecule has 2 aromatic heterocycles. The Labute approximate surface area is 101 Å². The molecule has 9 heteroatoms. The number of rotatable bonds is 6. The number of ether oxygens (including phenoxy) is 1. The number of fused-ring (bicyclic) bond motifs is 1. The maximum atomic E-state index is 11.3. The number of nitrogens with zero attached hydrogens (tertiary/aromatic N) is 3. The van der Waals surface area contributed by atoms with Gasteiger partial charge < -0.3 is 15.8 Å². The molecule has 18 heavy (non-hydrogen) atoms. The van der Waals surface area contributed by atoms with E-state index in [1.165, 1.54) is 0 Å². The Bertz CT molecular complexity index is 604. The van der Waals surface area contributed by atoms with Crippen molar-refractivity contribution in [1.82, 2.24) is 19.8 Å². The van der Waals surface area contributed by atoms with Gasteiger partial charge in [0.15, 0.2) is 5.65 Å². The van der Waals surface area contributed by atoms with Crippen LogP contribution in [0.1, 0.15) is 0 Å². The maximum absolute atomic E-state index is 11.3. The highest BCUT2D eigenvalue weighted by molar-refractivity contribution is 5.74. The summed E-state index contributed by atoms with van der Waals surface area (Å²) in [5.74, 6) is -0.00633. The molecule has 2 rings (SSSR count). The molecule has 0 bridgehead atoms. The van der Waals surface area contributed by atoms with Crippen molar-refractivity contribution >= 4 is 17.4 Å². The third kappa shape index (κ3) is 2.83. The number of hydrogen-bond donors (Lipinski definition) is 3. The third-order valence-corrected chi connectivity index (χ3v) is 2.07. The molecule has 4 N–H and O–H groups in total. The highest BCUT2D eigenvalue weighted by Gasteiger charge is 2.02. The number of carbonyl (C=O) groups excluding carboxylic acids is 1. The van der Waals surface area contributed by atoms with E-state index in [-0.39, 0.29) is 6.61 Å². The molecule has 2 aromatic rings. The summed E-state index contributed by atoms with van der Waals surface area (Å²) in [6.07, 6.45) is 0. The normalized spacial score (nSPS) is 10.7. The van der Waals surface area contributed by atoms with Crippen LogP contribution in [-0.4, -0.2) is 45.5 Å². The predicted molar refractivity (Wildman–Crippen MR) is 62.1 cm³/mol. The van der Waals surface area contributed by atoms with E-state index in [9.17, 15) is 9.59 Å². The van der Waals surface area contributed by atoms with Gasteiger partial charge in [-0.25, -0.2) is 9.89 Å². The zero-order valence-electron chi connectivity index (χ0n) is 9.42. The molecule has 0 aromatic carbocycles. The number of aromatic nitrogens is 4. The number of anilines is 1. The van der Waals surface area contributed by atoms with Gasteiger partial charge in [-0.15, -0.1) is 5.10 Å². The third-order valence-electron chi connectivity index (χ3n) is 2.07.